The number of hydrogen-bond acceptors (Lipinski definition) is 3. The van der Waals surface area contributed by atoms with Gasteiger partial charge in [0.2, 0.25) is 0 Å². The summed E-state index contributed by atoms with van der Waals surface area (Å²) in [7, 11) is 1.65. The third-order valence-corrected chi connectivity index (χ3v) is 1.75. The summed E-state index contributed by atoms with van der Waals surface area (Å²) in [6.45, 7) is 5.25. The van der Waals surface area contributed by atoms with E-state index in [0.29, 0.717) is 19.8 Å². The number of methoxy groups -OCH3 is 1. The standard InChI is InChI=1S/C12H16O3/c1-3-8-14-11-4-6-12(7-5-11)15-10-9-13-2/h3-7H,1,8-10H2,2H3. The van der Waals surface area contributed by atoms with Crippen LogP contribution in [0, 0.1) is 0 Å². The van der Waals surface area contributed by atoms with Crippen molar-refractivity contribution < 1.29 is 14.2 Å². The van der Waals surface area contributed by atoms with Gasteiger partial charge in [-0.2, -0.15) is 0 Å². The van der Waals surface area contributed by atoms with E-state index in [1.165, 1.54) is 0 Å². The third kappa shape index (κ3) is 4.51. The average molecular weight is 208 g/mol. The van der Waals surface area contributed by atoms with E-state index >= 15 is 0 Å². The van der Waals surface area contributed by atoms with E-state index in [9.17, 15) is 0 Å². The number of benzene rings is 1. The van der Waals surface area contributed by atoms with Crippen LogP contribution in [0.25, 0.3) is 0 Å². The molecule has 0 saturated heterocycles. The number of hydrogen-bond donors (Lipinski definition) is 0. The molecule has 1 aromatic carbocycles. The number of rotatable bonds is 7. The van der Waals surface area contributed by atoms with Gasteiger partial charge in [0.05, 0.1) is 6.61 Å². The molecule has 1 rings (SSSR count). The summed E-state index contributed by atoms with van der Waals surface area (Å²) in [5.74, 6) is 1.63. The molecule has 82 valence electrons. The van der Waals surface area contributed by atoms with E-state index in [0.717, 1.165) is 11.5 Å². The Morgan fingerprint density at radius 3 is 2.20 bits per heavy atom. The second-order valence-electron chi connectivity index (χ2n) is 2.91. The summed E-state index contributed by atoms with van der Waals surface area (Å²) in [5.41, 5.74) is 0. The van der Waals surface area contributed by atoms with Crippen molar-refractivity contribution in [3.05, 3.63) is 36.9 Å². The fraction of sp³-hybridized carbons (Fsp3) is 0.333. The molecule has 3 nitrogen and oxygen atoms in total. The van der Waals surface area contributed by atoms with Crippen LogP contribution in [-0.4, -0.2) is 26.9 Å². The largest absolute Gasteiger partial charge is 0.491 e. The molecular weight excluding hydrogens is 192 g/mol. The summed E-state index contributed by atoms with van der Waals surface area (Å²) in [5, 5.41) is 0. The van der Waals surface area contributed by atoms with Crippen molar-refractivity contribution >= 4 is 0 Å². The molecule has 0 saturated carbocycles. The topological polar surface area (TPSA) is 27.7 Å². The highest BCUT2D eigenvalue weighted by atomic mass is 16.5. The normalized spacial score (nSPS) is 9.67. The summed E-state index contributed by atoms with van der Waals surface area (Å²) in [6, 6.07) is 7.47. The van der Waals surface area contributed by atoms with Gasteiger partial charge < -0.3 is 14.2 Å². The van der Waals surface area contributed by atoms with Crippen LogP contribution in [0.1, 0.15) is 0 Å². The zero-order chi connectivity index (χ0) is 10.9. The van der Waals surface area contributed by atoms with E-state index < -0.39 is 0 Å². The van der Waals surface area contributed by atoms with Crippen LogP contribution in [0.3, 0.4) is 0 Å². The molecule has 15 heavy (non-hydrogen) atoms. The zero-order valence-corrected chi connectivity index (χ0v) is 8.94. The van der Waals surface area contributed by atoms with E-state index in [4.69, 9.17) is 14.2 Å². The summed E-state index contributed by atoms with van der Waals surface area (Å²) in [4.78, 5) is 0. The second-order valence-corrected chi connectivity index (χ2v) is 2.91. The molecule has 0 fully saturated rings. The van der Waals surface area contributed by atoms with Gasteiger partial charge in [-0.3, -0.25) is 0 Å². The minimum Gasteiger partial charge on any atom is -0.491 e. The summed E-state index contributed by atoms with van der Waals surface area (Å²) >= 11 is 0. The molecule has 0 N–H and O–H groups in total. The van der Waals surface area contributed by atoms with Gasteiger partial charge in [-0.05, 0) is 24.3 Å². The Balaban J connectivity index is 2.38. The molecule has 0 spiro atoms. The Morgan fingerprint density at radius 2 is 1.67 bits per heavy atom. The van der Waals surface area contributed by atoms with Crippen LogP contribution >= 0.6 is 0 Å². The maximum Gasteiger partial charge on any atom is 0.120 e. The van der Waals surface area contributed by atoms with Crippen molar-refractivity contribution in [1.29, 1.82) is 0 Å². The predicted octanol–water partition coefficient (Wildman–Crippen LogP) is 2.28. The third-order valence-electron chi connectivity index (χ3n) is 1.75. The molecule has 0 amide bonds. The van der Waals surface area contributed by atoms with Crippen molar-refractivity contribution in [1.82, 2.24) is 0 Å². The highest BCUT2D eigenvalue weighted by Gasteiger charge is 1.95. The lowest BCUT2D eigenvalue weighted by molar-refractivity contribution is 0.146. The maximum atomic E-state index is 5.41. The van der Waals surface area contributed by atoms with Gasteiger partial charge in [0.15, 0.2) is 0 Å². The average Bonchev–Trinajstić information content (AvgIpc) is 2.28. The van der Waals surface area contributed by atoms with Crippen LogP contribution in [0.5, 0.6) is 11.5 Å². The van der Waals surface area contributed by atoms with Crippen LogP contribution in [-0.2, 0) is 4.74 Å². The predicted molar refractivity (Wildman–Crippen MR) is 59.5 cm³/mol. The lowest BCUT2D eigenvalue weighted by atomic mass is 10.3. The quantitative estimate of drug-likeness (QED) is 0.508. The maximum absolute atomic E-state index is 5.41. The minimum absolute atomic E-state index is 0.518. The van der Waals surface area contributed by atoms with Crippen LogP contribution in [0.15, 0.2) is 36.9 Å². The Kier molecular flexibility index (Phi) is 5.33. The van der Waals surface area contributed by atoms with Gasteiger partial charge in [-0.15, -0.1) is 0 Å². The molecule has 0 aliphatic heterocycles. The van der Waals surface area contributed by atoms with Crippen molar-refractivity contribution in [3.63, 3.8) is 0 Å². The van der Waals surface area contributed by atoms with E-state index in [1.807, 2.05) is 24.3 Å². The Labute approximate surface area is 90.3 Å². The minimum atomic E-state index is 0.518. The van der Waals surface area contributed by atoms with E-state index in [2.05, 4.69) is 6.58 Å². The van der Waals surface area contributed by atoms with Crippen molar-refractivity contribution in [2.24, 2.45) is 0 Å². The first-order valence-electron chi connectivity index (χ1n) is 4.82. The Hall–Kier alpha value is -1.48. The molecule has 0 heterocycles. The second kappa shape index (κ2) is 6.90. The van der Waals surface area contributed by atoms with Gasteiger partial charge in [-0.1, -0.05) is 12.7 Å². The SMILES string of the molecule is C=CCOc1ccc(OCCOC)cc1. The van der Waals surface area contributed by atoms with Crippen molar-refractivity contribution in [2.75, 3.05) is 26.9 Å². The van der Waals surface area contributed by atoms with Gasteiger partial charge in [-0.25, -0.2) is 0 Å². The lowest BCUT2D eigenvalue weighted by Crippen LogP contribution is -2.04. The van der Waals surface area contributed by atoms with Crippen molar-refractivity contribution in [2.45, 2.75) is 0 Å². The lowest BCUT2D eigenvalue weighted by Gasteiger charge is -2.06. The molecule has 0 unspecified atom stereocenters. The molecular formula is C12H16O3. The molecule has 0 aliphatic rings. The van der Waals surface area contributed by atoms with Crippen LogP contribution in [0.4, 0.5) is 0 Å². The van der Waals surface area contributed by atoms with Gasteiger partial charge in [0.25, 0.3) is 0 Å². The fourth-order valence-electron chi connectivity index (χ4n) is 1.03. The van der Waals surface area contributed by atoms with Crippen LogP contribution in [0.2, 0.25) is 0 Å². The Morgan fingerprint density at radius 1 is 1.07 bits per heavy atom. The highest BCUT2D eigenvalue weighted by Crippen LogP contribution is 2.17. The molecule has 0 radical (unpaired) electrons. The van der Waals surface area contributed by atoms with Crippen molar-refractivity contribution in [3.8, 4) is 11.5 Å². The first-order chi connectivity index (χ1) is 7.36. The highest BCUT2D eigenvalue weighted by molar-refractivity contribution is 5.31. The molecule has 0 bridgehead atoms. The van der Waals surface area contributed by atoms with E-state index in [1.54, 1.807) is 13.2 Å². The van der Waals surface area contributed by atoms with Crippen LogP contribution < -0.4 is 9.47 Å². The molecule has 1 aromatic rings. The first-order valence-corrected chi connectivity index (χ1v) is 4.82. The monoisotopic (exact) mass is 208 g/mol. The van der Waals surface area contributed by atoms with Gasteiger partial charge in [0.1, 0.15) is 24.7 Å². The first kappa shape index (κ1) is 11.6. The Bertz CT molecular complexity index is 279. The molecule has 0 atom stereocenters. The van der Waals surface area contributed by atoms with E-state index in [-0.39, 0.29) is 0 Å². The number of ether oxygens (including phenoxy) is 3. The van der Waals surface area contributed by atoms with Gasteiger partial charge in [0, 0.05) is 7.11 Å². The summed E-state index contributed by atoms with van der Waals surface area (Å²) < 4.78 is 15.6. The van der Waals surface area contributed by atoms with Gasteiger partial charge >= 0.3 is 0 Å². The summed E-state index contributed by atoms with van der Waals surface area (Å²) in [6.07, 6.45) is 1.71. The fourth-order valence-corrected chi connectivity index (χ4v) is 1.03. The molecule has 0 aromatic heterocycles. The molecule has 0 aliphatic carbocycles. The zero-order valence-electron chi connectivity index (χ0n) is 8.94. The molecule has 3 heteroatoms. The smallest absolute Gasteiger partial charge is 0.120 e.